The summed E-state index contributed by atoms with van der Waals surface area (Å²) in [5.74, 6) is -0.862. The SMILES string of the molecule is CC/C=C\C/C=C\C/C=C\CCCCCC(=O)OC(COC(=O)CCCCCCC/C=C\C/C=C\CCCCC)COP(=O)(O)OC. The normalized spacial score (nSPS) is 14.2. The number of hydrogen-bond acceptors (Lipinski definition) is 7. The van der Waals surface area contributed by atoms with Crippen LogP contribution in [0, 0.1) is 0 Å². The van der Waals surface area contributed by atoms with Crippen molar-refractivity contribution in [1.82, 2.24) is 0 Å². The molecule has 0 heterocycles. The third-order valence-corrected chi connectivity index (χ3v) is 8.18. The van der Waals surface area contributed by atoms with Gasteiger partial charge in [-0.2, -0.15) is 0 Å². The predicted octanol–water partition coefficient (Wildman–Crippen LogP) is 10.8. The van der Waals surface area contributed by atoms with Crippen LogP contribution in [0.25, 0.3) is 0 Å². The molecule has 2 unspecified atom stereocenters. The first-order chi connectivity index (χ1) is 22.8. The fraction of sp³-hybridized carbons (Fsp3) is 0.684. The van der Waals surface area contributed by atoms with Gasteiger partial charge < -0.3 is 14.4 Å². The van der Waals surface area contributed by atoms with E-state index < -0.39 is 32.5 Å². The zero-order chi connectivity index (χ0) is 34.7. The molecule has 47 heavy (non-hydrogen) atoms. The molecule has 0 aromatic heterocycles. The first kappa shape index (κ1) is 44.8. The Labute approximate surface area is 286 Å². The van der Waals surface area contributed by atoms with E-state index in [0.29, 0.717) is 6.42 Å². The molecule has 0 aliphatic rings. The quantitative estimate of drug-likeness (QED) is 0.0324. The number of rotatable bonds is 32. The molecule has 9 heteroatoms. The smallest absolute Gasteiger partial charge is 0.462 e. The van der Waals surface area contributed by atoms with Crippen LogP contribution in [0.4, 0.5) is 0 Å². The average molecular weight is 681 g/mol. The van der Waals surface area contributed by atoms with E-state index in [1.54, 1.807) is 0 Å². The fourth-order valence-electron chi connectivity index (χ4n) is 4.46. The number of phosphoric ester groups is 1. The highest BCUT2D eigenvalue weighted by Crippen LogP contribution is 2.42. The lowest BCUT2D eigenvalue weighted by Crippen LogP contribution is -2.29. The zero-order valence-corrected chi connectivity index (χ0v) is 30.6. The van der Waals surface area contributed by atoms with Crippen molar-refractivity contribution >= 4 is 19.8 Å². The number of hydrogen-bond donors (Lipinski definition) is 1. The van der Waals surface area contributed by atoms with Crippen LogP contribution in [-0.2, 0) is 32.7 Å². The second kappa shape index (κ2) is 33.6. The van der Waals surface area contributed by atoms with Crippen LogP contribution in [-0.4, -0.2) is 43.3 Å². The molecule has 0 saturated carbocycles. The number of allylic oxidation sites excluding steroid dienone is 10. The molecular weight excluding hydrogens is 615 g/mol. The molecule has 0 fully saturated rings. The Morgan fingerprint density at radius 3 is 1.64 bits per heavy atom. The molecule has 0 bridgehead atoms. The zero-order valence-electron chi connectivity index (χ0n) is 29.7. The standard InChI is InChI=1S/C38H65O8P/c1-4-6-8-10-12-14-16-18-19-21-22-24-26-28-30-32-37(39)44-34-36(35-45-47(41,42)43-3)46-38(40)33-31-29-27-25-23-20-17-15-13-11-9-7-5-2/h7,9,12-15,18-20,23,36H,4-6,8,10-11,16-17,21-22,24-35H2,1-3H3,(H,41,42)/b9-7-,14-12-,15-13-,19-18-,23-20-. The summed E-state index contributed by atoms with van der Waals surface area (Å²) in [6, 6.07) is 0. The number of ether oxygens (including phenoxy) is 2. The lowest BCUT2D eigenvalue weighted by atomic mass is 10.1. The molecule has 270 valence electrons. The van der Waals surface area contributed by atoms with Gasteiger partial charge in [0.1, 0.15) is 6.61 Å². The van der Waals surface area contributed by atoms with Gasteiger partial charge in [0.15, 0.2) is 6.10 Å². The predicted molar refractivity (Wildman–Crippen MR) is 193 cm³/mol. The molecular formula is C38H65O8P. The van der Waals surface area contributed by atoms with Gasteiger partial charge in [-0.1, -0.05) is 113 Å². The van der Waals surface area contributed by atoms with Crippen molar-refractivity contribution in [3.63, 3.8) is 0 Å². The molecule has 0 aromatic carbocycles. The minimum absolute atomic E-state index is 0.204. The fourth-order valence-corrected chi connectivity index (χ4v) is 4.92. The largest absolute Gasteiger partial charge is 0.472 e. The molecule has 0 radical (unpaired) electrons. The van der Waals surface area contributed by atoms with Crippen molar-refractivity contribution in [1.29, 1.82) is 0 Å². The lowest BCUT2D eigenvalue weighted by molar-refractivity contribution is -0.161. The van der Waals surface area contributed by atoms with Crippen LogP contribution < -0.4 is 0 Å². The molecule has 0 aromatic rings. The number of carbonyl (C=O) groups is 2. The first-order valence-corrected chi connectivity index (χ1v) is 19.5. The molecule has 0 saturated heterocycles. The Hall–Kier alpha value is -2.25. The van der Waals surface area contributed by atoms with Crippen LogP contribution in [0.1, 0.15) is 142 Å². The van der Waals surface area contributed by atoms with Crippen molar-refractivity contribution in [3.8, 4) is 0 Å². The van der Waals surface area contributed by atoms with E-state index in [-0.39, 0.29) is 19.4 Å². The summed E-state index contributed by atoms with van der Waals surface area (Å²) in [5, 5.41) is 0. The molecule has 0 rings (SSSR count). The summed E-state index contributed by atoms with van der Waals surface area (Å²) in [6.45, 7) is 3.68. The summed E-state index contributed by atoms with van der Waals surface area (Å²) in [5.41, 5.74) is 0. The number of carbonyl (C=O) groups excluding carboxylic acids is 2. The maximum atomic E-state index is 12.4. The average Bonchev–Trinajstić information content (AvgIpc) is 3.06. The van der Waals surface area contributed by atoms with E-state index in [2.05, 4.69) is 79.1 Å². The summed E-state index contributed by atoms with van der Waals surface area (Å²) in [6.07, 6.45) is 39.9. The highest BCUT2D eigenvalue weighted by atomic mass is 31.2. The molecule has 0 aliphatic carbocycles. The van der Waals surface area contributed by atoms with Gasteiger partial charge in [0, 0.05) is 20.0 Å². The van der Waals surface area contributed by atoms with Crippen LogP contribution in [0.15, 0.2) is 60.8 Å². The van der Waals surface area contributed by atoms with Crippen LogP contribution in [0.5, 0.6) is 0 Å². The Morgan fingerprint density at radius 1 is 0.617 bits per heavy atom. The van der Waals surface area contributed by atoms with Gasteiger partial charge in [-0.15, -0.1) is 0 Å². The number of esters is 2. The molecule has 0 amide bonds. The van der Waals surface area contributed by atoms with E-state index >= 15 is 0 Å². The van der Waals surface area contributed by atoms with Gasteiger partial charge in [-0.3, -0.25) is 18.6 Å². The van der Waals surface area contributed by atoms with E-state index in [9.17, 15) is 19.0 Å². The van der Waals surface area contributed by atoms with Gasteiger partial charge in [0.2, 0.25) is 0 Å². The van der Waals surface area contributed by atoms with Gasteiger partial charge >= 0.3 is 19.8 Å². The molecule has 8 nitrogen and oxygen atoms in total. The summed E-state index contributed by atoms with van der Waals surface area (Å²) in [7, 11) is -3.22. The molecule has 1 N–H and O–H groups in total. The van der Waals surface area contributed by atoms with Crippen molar-refractivity contribution in [2.45, 2.75) is 148 Å². The lowest BCUT2D eigenvalue weighted by Gasteiger charge is -2.19. The number of unbranched alkanes of at least 4 members (excludes halogenated alkanes) is 11. The van der Waals surface area contributed by atoms with Crippen LogP contribution >= 0.6 is 7.82 Å². The topological polar surface area (TPSA) is 108 Å². The van der Waals surface area contributed by atoms with Gasteiger partial charge in [0.05, 0.1) is 6.61 Å². The van der Waals surface area contributed by atoms with E-state index in [0.717, 1.165) is 90.6 Å². The van der Waals surface area contributed by atoms with Crippen molar-refractivity contribution in [2.75, 3.05) is 20.3 Å². The van der Waals surface area contributed by atoms with Crippen LogP contribution in [0.2, 0.25) is 0 Å². The monoisotopic (exact) mass is 680 g/mol. The van der Waals surface area contributed by atoms with E-state index in [4.69, 9.17) is 14.0 Å². The Bertz CT molecular complexity index is 953. The second-order valence-electron chi connectivity index (χ2n) is 11.6. The van der Waals surface area contributed by atoms with Crippen molar-refractivity contribution in [3.05, 3.63) is 60.8 Å². The maximum absolute atomic E-state index is 12.4. The third-order valence-electron chi connectivity index (χ3n) is 7.25. The Morgan fingerprint density at radius 2 is 1.09 bits per heavy atom. The Balaban J connectivity index is 4.17. The highest BCUT2D eigenvalue weighted by Gasteiger charge is 2.24. The maximum Gasteiger partial charge on any atom is 0.472 e. The molecule has 2 atom stereocenters. The third kappa shape index (κ3) is 33.4. The summed E-state index contributed by atoms with van der Waals surface area (Å²) in [4.78, 5) is 34.2. The summed E-state index contributed by atoms with van der Waals surface area (Å²) >= 11 is 0. The van der Waals surface area contributed by atoms with Gasteiger partial charge in [0.25, 0.3) is 0 Å². The molecule has 0 spiro atoms. The first-order valence-electron chi connectivity index (χ1n) is 18.0. The van der Waals surface area contributed by atoms with Gasteiger partial charge in [-0.05, 0) is 77.0 Å². The number of phosphoric acid groups is 1. The van der Waals surface area contributed by atoms with E-state index in [1.807, 2.05) is 0 Å². The Kier molecular flexibility index (Phi) is 32.0. The van der Waals surface area contributed by atoms with E-state index in [1.165, 1.54) is 25.7 Å². The molecule has 0 aliphatic heterocycles. The van der Waals surface area contributed by atoms with Gasteiger partial charge in [-0.25, -0.2) is 4.57 Å². The summed E-state index contributed by atoms with van der Waals surface area (Å²) < 4.78 is 31.8. The second-order valence-corrected chi connectivity index (χ2v) is 13.2. The van der Waals surface area contributed by atoms with Crippen molar-refractivity contribution in [2.24, 2.45) is 0 Å². The highest BCUT2D eigenvalue weighted by molar-refractivity contribution is 7.47. The minimum atomic E-state index is -4.27. The minimum Gasteiger partial charge on any atom is -0.462 e. The van der Waals surface area contributed by atoms with Crippen LogP contribution in [0.3, 0.4) is 0 Å². The van der Waals surface area contributed by atoms with Crippen molar-refractivity contribution < 1.29 is 37.6 Å².